The molecule has 10 aliphatic rings. The number of nitrogens with one attached hydrogen (secondary N) is 3. The molecule has 10 fully saturated rings. The largest absolute Gasteiger partial charge is 1.00 e. The summed E-state index contributed by atoms with van der Waals surface area (Å²) in [6.45, 7) is 14.4. The van der Waals surface area contributed by atoms with Crippen LogP contribution in [0.25, 0.3) is 0 Å². The number of rotatable bonds is 13. The Morgan fingerprint density at radius 1 is 0.774 bits per heavy atom. The number of amides is 2. The number of carboxylic acids is 1. The monoisotopic (exact) mass is 746 g/mol. The van der Waals surface area contributed by atoms with Gasteiger partial charge in [0.15, 0.2) is 12.6 Å². The molecule has 8 saturated heterocycles. The first-order chi connectivity index (χ1) is 24.4. The number of hydrogen-bond donors (Lipinski definition) is 3. The van der Waals surface area contributed by atoms with Crippen molar-refractivity contribution in [1.82, 2.24) is 30.4 Å². The van der Waals surface area contributed by atoms with Crippen molar-refractivity contribution in [3.8, 4) is 0 Å². The van der Waals surface area contributed by atoms with Gasteiger partial charge in [0.2, 0.25) is 11.8 Å². The van der Waals surface area contributed by atoms with E-state index in [1.807, 2.05) is 4.90 Å². The summed E-state index contributed by atoms with van der Waals surface area (Å²) in [6, 6.07) is -2.25. The Kier molecular flexibility index (Phi) is 9.16. The Labute approximate surface area is 333 Å². The molecule has 12 bridgehead atoms. The molecule has 2 aliphatic carbocycles. The molecule has 2 amide bonds. The predicted octanol–water partition coefficient (Wildman–Crippen LogP) is -1.04. The number of nitrogens with zero attached hydrogens (tertiary/aromatic N) is 3. The van der Waals surface area contributed by atoms with E-state index >= 15 is 0 Å². The Morgan fingerprint density at radius 2 is 1.26 bits per heavy atom. The van der Waals surface area contributed by atoms with Crippen LogP contribution in [0.15, 0.2) is 12.5 Å². The summed E-state index contributed by atoms with van der Waals surface area (Å²) in [5, 5.41) is 17.9. The van der Waals surface area contributed by atoms with Gasteiger partial charge < -0.3 is 44.5 Å². The van der Waals surface area contributed by atoms with E-state index in [4.69, 9.17) is 18.9 Å². The van der Waals surface area contributed by atoms with E-state index in [2.05, 4.69) is 67.0 Å². The molecule has 15 heteroatoms. The van der Waals surface area contributed by atoms with E-state index in [0.29, 0.717) is 25.1 Å². The number of piperidine rings is 2. The van der Waals surface area contributed by atoms with Gasteiger partial charge in [0.25, 0.3) is 0 Å². The first-order valence-electron chi connectivity index (χ1n) is 19.4. The topological polar surface area (TPSA) is 170 Å². The van der Waals surface area contributed by atoms with Gasteiger partial charge in [0, 0.05) is 57.3 Å². The molecule has 11 rings (SSSR count). The molecule has 286 valence electrons. The number of aromatic nitrogens is 2. The molecular weight excluding hydrogens is 691 g/mol. The van der Waals surface area contributed by atoms with Crippen LogP contribution in [-0.2, 0) is 39.8 Å². The van der Waals surface area contributed by atoms with Crippen molar-refractivity contribution in [2.45, 2.75) is 155 Å². The van der Waals surface area contributed by atoms with E-state index < -0.39 is 24.0 Å². The third-order valence-electron chi connectivity index (χ3n) is 14.3. The fourth-order valence-corrected chi connectivity index (χ4v) is 13.7. The van der Waals surface area contributed by atoms with Gasteiger partial charge >= 0.3 is 29.6 Å². The number of carboxylic acid groups (broad SMARTS) is 1. The molecule has 0 radical (unpaired) electrons. The first-order valence-corrected chi connectivity index (χ1v) is 19.4. The van der Waals surface area contributed by atoms with E-state index in [9.17, 15) is 19.5 Å². The first kappa shape index (κ1) is 38.3. The molecule has 0 aromatic carbocycles. The third kappa shape index (κ3) is 5.98. The predicted molar refractivity (Wildman–Crippen MR) is 182 cm³/mol. The van der Waals surface area contributed by atoms with E-state index in [1.165, 1.54) is 6.33 Å². The van der Waals surface area contributed by atoms with Gasteiger partial charge in [-0.2, -0.15) is 0 Å². The molecule has 14 nitrogen and oxygen atoms in total. The van der Waals surface area contributed by atoms with Crippen molar-refractivity contribution in [3.63, 3.8) is 0 Å². The summed E-state index contributed by atoms with van der Waals surface area (Å²) in [7, 11) is 0. The summed E-state index contributed by atoms with van der Waals surface area (Å²) in [5.41, 5.74) is 0.501. The molecule has 1 aromatic rings. The number of hydrogen-bond acceptors (Lipinski definition) is 11. The molecule has 8 aliphatic heterocycles. The van der Waals surface area contributed by atoms with Crippen LogP contribution < -0.4 is 45.3 Å². The molecule has 3 N–H and O–H groups in total. The van der Waals surface area contributed by atoms with Crippen molar-refractivity contribution in [3.05, 3.63) is 18.2 Å². The van der Waals surface area contributed by atoms with Crippen molar-refractivity contribution >= 4 is 17.8 Å². The fraction of sp³-hybridized carbons (Fsp3) is 0.842. The van der Waals surface area contributed by atoms with Gasteiger partial charge in [-0.05, 0) is 57.8 Å². The van der Waals surface area contributed by atoms with Gasteiger partial charge in [0.05, 0.1) is 24.9 Å². The SMILES string of the molecule is CC12C[C@@]3(C)C[C@@](C)(C1)[C@H]1OC2O[C@@H]3N1CCCCC(NC(=O)C(Cc1cnc[nH]1)NC(=O)CN1[C@H]2OC3O[C@@H]1[C@]1(C)CC3(C)C[C@@]2(C)C1)C(=O)[O-].[Na+]. The summed E-state index contributed by atoms with van der Waals surface area (Å²) in [6.07, 6.45) is 9.75. The van der Waals surface area contributed by atoms with Gasteiger partial charge in [-0.15, -0.1) is 0 Å². The quantitative estimate of drug-likeness (QED) is 0.167. The number of unbranched alkanes of at least 4 members (excludes halogenated alkanes) is 1. The van der Waals surface area contributed by atoms with E-state index in [0.717, 1.165) is 38.5 Å². The Hall–Kier alpha value is -1.62. The number of H-pyrrole nitrogens is 1. The summed E-state index contributed by atoms with van der Waals surface area (Å²) < 4.78 is 26.0. The van der Waals surface area contributed by atoms with Crippen molar-refractivity contribution in [1.29, 1.82) is 0 Å². The summed E-state index contributed by atoms with van der Waals surface area (Å²) in [5.74, 6) is -2.30. The van der Waals surface area contributed by atoms with Crippen molar-refractivity contribution in [2.75, 3.05) is 13.1 Å². The molecular formula is C38H55N6NaO8. The molecule has 1 aromatic heterocycles. The molecule has 9 heterocycles. The van der Waals surface area contributed by atoms with Crippen LogP contribution in [0.4, 0.5) is 0 Å². The number of aromatic amines is 1. The van der Waals surface area contributed by atoms with Gasteiger partial charge in [-0.1, -0.05) is 41.5 Å². The smallest absolute Gasteiger partial charge is 0.548 e. The third-order valence-corrected chi connectivity index (χ3v) is 14.3. The maximum absolute atomic E-state index is 13.8. The van der Waals surface area contributed by atoms with Crippen LogP contribution in [0.1, 0.15) is 105 Å². The van der Waals surface area contributed by atoms with Crippen LogP contribution in [0.2, 0.25) is 0 Å². The normalized spacial score (nSPS) is 46.7. The second-order valence-electron chi connectivity index (χ2n) is 19.8. The van der Waals surface area contributed by atoms with Crippen LogP contribution in [0, 0.1) is 32.5 Å². The average Bonchev–Trinajstić information content (AvgIpc) is 3.55. The number of imidazole rings is 1. The van der Waals surface area contributed by atoms with Crippen molar-refractivity contribution < 1.29 is 68.0 Å². The molecule has 0 spiro atoms. The molecule has 14 atom stereocenters. The Morgan fingerprint density at radius 3 is 1.74 bits per heavy atom. The summed E-state index contributed by atoms with van der Waals surface area (Å²) in [4.78, 5) is 51.3. The van der Waals surface area contributed by atoms with Gasteiger partial charge in [0.1, 0.15) is 31.0 Å². The van der Waals surface area contributed by atoms with Crippen molar-refractivity contribution in [2.24, 2.45) is 32.5 Å². The minimum absolute atomic E-state index is 0. The van der Waals surface area contributed by atoms with Crippen LogP contribution in [-0.4, -0.2) is 100 Å². The second-order valence-corrected chi connectivity index (χ2v) is 19.8. The van der Waals surface area contributed by atoms with Crippen LogP contribution in [0.5, 0.6) is 0 Å². The molecule has 6 unspecified atom stereocenters. The van der Waals surface area contributed by atoms with Gasteiger partial charge in [-0.25, -0.2) is 9.88 Å². The zero-order valence-electron chi connectivity index (χ0n) is 32.4. The maximum atomic E-state index is 13.8. The number of aliphatic carboxylic acids is 1. The number of carbonyl (C=O) groups is 3. The zero-order chi connectivity index (χ0) is 36.6. The van der Waals surface area contributed by atoms with E-state index in [-0.39, 0.29) is 125 Å². The molecule has 53 heavy (non-hydrogen) atoms. The standard InChI is InChI=1S/C38H56N6O8.Na/c1-33-14-34(2)17-37(5,16-33)31-49-27(33)43(28(34)50-31)10-8-7-9-22(26(47)48)42-25(46)23(11-21-12-39-20-40-21)41-24(45)13-44-29-35(3)15-36(4)19-38(6,18-35)32(51-29)52-30(36)44;/h12,20,22-23,27-32H,7-11,13-19H2,1-6H3,(H,39,40)(H,41,45)(H,42,46)(H,47,48);/q;+1/p-1/t22?,23?,27-,28+,29-,30+,31?,32?,33+,34-,35+,36-,37?,38?;. The minimum Gasteiger partial charge on any atom is -0.548 e. The van der Waals surface area contributed by atoms with Gasteiger partial charge in [-0.3, -0.25) is 14.5 Å². The minimum atomic E-state index is -1.35. The number of ether oxygens (including phenoxy) is 4. The maximum Gasteiger partial charge on any atom is 1.00 e. The zero-order valence-corrected chi connectivity index (χ0v) is 34.4. The fourth-order valence-electron chi connectivity index (χ4n) is 13.7. The van der Waals surface area contributed by atoms with Crippen LogP contribution in [0.3, 0.4) is 0 Å². The van der Waals surface area contributed by atoms with Crippen LogP contribution >= 0.6 is 0 Å². The molecule has 2 saturated carbocycles. The van der Waals surface area contributed by atoms with E-state index in [1.54, 1.807) is 6.20 Å². The second kappa shape index (κ2) is 12.7. The average molecular weight is 747 g/mol. The summed E-state index contributed by atoms with van der Waals surface area (Å²) >= 11 is 0. The number of carbonyl (C=O) groups excluding carboxylic acids is 3. The Bertz CT molecular complexity index is 1580. The Balaban J connectivity index is 0.00000400.